The first-order chi connectivity index (χ1) is 17.5. The van der Waals surface area contributed by atoms with Crippen LogP contribution < -0.4 is 20.5 Å². The van der Waals surface area contributed by atoms with E-state index in [1.807, 2.05) is 13.0 Å². The molecular formula is C26H24N4O5S. The number of carbonyl (C=O) groups is 1. The number of amides is 1. The second kappa shape index (κ2) is 11.4. The second-order valence-electron chi connectivity index (χ2n) is 7.49. The lowest BCUT2D eigenvalue weighted by Crippen LogP contribution is -2.24. The van der Waals surface area contributed by atoms with Gasteiger partial charge in [0.1, 0.15) is 5.75 Å². The topological polar surface area (TPSA) is 115 Å². The highest BCUT2D eigenvalue weighted by atomic mass is 32.2. The fourth-order valence-electron chi connectivity index (χ4n) is 3.39. The van der Waals surface area contributed by atoms with Gasteiger partial charge in [0, 0.05) is 0 Å². The Morgan fingerprint density at radius 3 is 2.69 bits per heavy atom. The van der Waals surface area contributed by atoms with Crippen molar-refractivity contribution in [1.82, 2.24) is 15.0 Å². The molecule has 10 heteroatoms. The molecule has 184 valence electrons. The minimum atomic E-state index is -0.372. The van der Waals surface area contributed by atoms with Crippen LogP contribution in [0, 0.1) is 0 Å². The minimum Gasteiger partial charge on any atom is -0.504 e. The molecule has 2 N–H and O–H groups in total. The van der Waals surface area contributed by atoms with E-state index in [1.165, 1.54) is 16.8 Å². The Morgan fingerprint density at radius 1 is 1.17 bits per heavy atom. The molecule has 0 aliphatic carbocycles. The zero-order valence-corrected chi connectivity index (χ0v) is 20.5. The van der Waals surface area contributed by atoms with E-state index in [4.69, 9.17) is 9.47 Å². The Hall–Kier alpha value is -4.31. The summed E-state index contributed by atoms with van der Waals surface area (Å²) in [5.74, 6) is 0.637. The van der Waals surface area contributed by atoms with Crippen LogP contribution in [0.3, 0.4) is 0 Å². The van der Waals surface area contributed by atoms with Crippen LogP contribution in [0.2, 0.25) is 0 Å². The fraction of sp³-hybridized carbons (Fsp3) is 0.154. The molecule has 0 unspecified atom stereocenters. The molecule has 0 radical (unpaired) electrons. The molecule has 1 amide bonds. The number of nitrogens with zero attached hydrogens (tertiary/aromatic N) is 3. The summed E-state index contributed by atoms with van der Waals surface area (Å²) in [6, 6.07) is 18.9. The number of para-hydroxylation sites is 1. The number of hydrogen-bond acceptors (Lipinski definition) is 8. The van der Waals surface area contributed by atoms with Crippen LogP contribution in [0.25, 0.3) is 16.6 Å². The lowest BCUT2D eigenvalue weighted by atomic mass is 10.2. The predicted molar refractivity (Wildman–Crippen MR) is 140 cm³/mol. The van der Waals surface area contributed by atoms with Crippen molar-refractivity contribution >= 4 is 34.8 Å². The number of fused-ring (bicyclic) bond motifs is 1. The molecule has 9 nitrogen and oxygen atoms in total. The molecule has 1 heterocycles. The maximum atomic E-state index is 13.3. The van der Waals surface area contributed by atoms with Gasteiger partial charge in [0.25, 0.3) is 11.5 Å². The summed E-state index contributed by atoms with van der Waals surface area (Å²) in [6.45, 7) is 2.23. The number of phenols is 1. The van der Waals surface area contributed by atoms with Crippen LogP contribution in [-0.2, 0) is 4.79 Å². The van der Waals surface area contributed by atoms with Gasteiger partial charge >= 0.3 is 0 Å². The summed E-state index contributed by atoms with van der Waals surface area (Å²) in [4.78, 5) is 30.4. The zero-order chi connectivity index (χ0) is 25.5. The average Bonchev–Trinajstić information content (AvgIpc) is 2.90. The van der Waals surface area contributed by atoms with Crippen molar-refractivity contribution in [3.63, 3.8) is 0 Å². The second-order valence-corrected chi connectivity index (χ2v) is 8.43. The van der Waals surface area contributed by atoms with E-state index in [9.17, 15) is 14.7 Å². The molecule has 0 fully saturated rings. The fourth-order valence-corrected chi connectivity index (χ4v) is 4.20. The number of benzene rings is 3. The van der Waals surface area contributed by atoms with Crippen LogP contribution in [-0.4, -0.2) is 46.2 Å². The highest BCUT2D eigenvalue weighted by Gasteiger charge is 2.15. The van der Waals surface area contributed by atoms with Gasteiger partial charge in [0.2, 0.25) is 0 Å². The quantitative estimate of drug-likeness (QED) is 0.154. The third kappa shape index (κ3) is 5.66. The van der Waals surface area contributed by atoms with Gasteiger partial charge in [-0.1, -0.05) is 23.9 Å². The largest absolute Gasteiger partial charge is 0.504 e. The first-order valence-corrected chi connectivity index (χ1v) is 12.1. The number of ether oxygens (including phenoxy) is 2. The van der Waals surface area contributed by atoms with E-state index >= 15 is 0 Å². The number of rotatable bonds is 9. The smallest absolute Gasteiger partial charge is 0.266 e. The molecule has 0 aliphatic rings. The summed E-state index contributed by atoms with van der Waals surface area (Å²) in [6.07, 6.45) is 1.45. The van der Waals surface area contributed by atoms with Crippen molar-refractivity contribution in [3.8, 4) is 22.9 Å². The molecule has 3 aromatic carbocycles. The Labute approximate surface area is 211 Å². The molecule has 1 aromatic heterocycles. The van der Waals surface area contributed by atoms with E-state index < -0.39 is 0 Å². The molecule has 4 rings (SSSR count). The summed E-state index contributed by atoms with van der Waals surface area (Å²) < 4.78 is 12.0. The number of hydrogen-bond donors (Lipinski definition) is 2. The highest BCUT2D eigenvalue weighted by molar-refractivity contribution is 7.99. The van der Waals surface area contributed by atoms with E-state index in [0.29, 0.717) is 45.4 Å². The Morgan fingerprint density at radius 2 is 1.94 bits per heavy atom. The van der Waals surface area contributed by atoms with Crippen molar-refractivity contribution in [2.75, 3.05) is 19.5 Å². The van der Waals surface area contributed by atoms with Crippen molar-refractivity contribution < 1.29 is 19.4 Å². The van der Waals surface area contributed by atoms with E-state index in [1.54, 1.807) is 61.7 Å². The average molecular weight is 505 g/mol. The molecule has 36 heavy (non-hydrogen) atoms. The van der Waals surface area contributed by atoms with Crippen molar-refractivity contribution in [1.29, 1.82) is 0 Å². The highest BCUT2D eigenvalue weighted by Crippen LogP contribution is 2.26. The molecular weight excluding hydrogens is 480 g/mol. The number of aromatic nitrogens is 2. The van der Waals surface area contributed by atoms with Gasteiger partial charge in [-0.15, -0.1) is 0 Å². The molecule has 0 aliphatic heterocycles. The Kier molecular flexibility index (Phi) is 7.86. The van der Waals surface area contributed by atoms with Gasteiger partial charge < -0.3 is 14.6 Å². The third-order valence-corrected chi connectivity index (χ3v) is 6.03. The first-order valence-electron chi connectivity index (χ1n) is 11.1. The predicted octanol–water partition coefficient (Wildman–Crippen LogP) is 3.74. The van der Waals surface area contributed by atoms with Crippen molar-refractivity contribution in [2.45, 2.75) is 12.1 Å². The van der Waals surface area contributed by atoms with Gasteiger partial charge in [-0.3, -0.25) is 14.2 Å². The minimum absolute atomic E-state index is 0.0158. The molecule has 0 bridgehead atoms. The number of methoxy groups -OCH3 is 1. The van der Waals surface area contributed by atoms with Crippen LogP contribution in [0.4, 0.5) is 0 Å². The SMILES string of the molecule is CCOc1cc(/C=N/NC(=O)CSc2nc3ccccc3c(=O)n2-c2ccc(OC)cc2)ccc1O. The standard InChI is InChI=1S/C26H24N4O5S/c1-3-35-23-14-17(8-13-22(23)31)15-27-29-24(32)16-36-26-28-21-7-5-4-6-20(21)25(33)30(26)18-9-11-19(34-2)12-10-18/h4-15,31H,3,16H2,1-2H3,(H,29,32)/b27-15+. The summed E-state index contributed by atoms with van der Waals surface area (Å²) >= 11 is 1.13. The van der Waals surface area contributed by atoms with E-state index in [-0.39, 0.29) is 23.0 Å². The first kappa shape index (κ1) is 24.8. The number of carbonyl (C=O) groups excluding carboxylic acids is 1. The van der Waals surface area contributed by atoms with Crippen LogP contribution in [0.1, 0.15) is 12.5 Å². The van der Waals surface area contributed by atoms with Gasteiger partial charge in [0.05, 0.1) is 42.3 Å². The van der Waals surface area contributed by atoms with Crippen LogP contribution >= 0.6 is 11.8 Å². The maximum Gasteiger partial charge on any atom is 0.266 e. The summed E-state index contributed by atoms with van der Waals surface area (Å²) in [5, 5.41) is 14.6. The van der Waals surface area contributed by atoms with Gasteiger partial charge in [-0.05, 0) is 67.1 Å². The van der Waals surface area contributed by atoms with Gasteiger partial charge in [-0.2, -0.15) is 5.10 Å². The molecule has 0 saturated carbocycles. The lowest BCUT2D eigenvalue weighted by Gasteiger charge is -2.13. The van der Waals surface area contributed by atoms with Crippen molar-refractivity contribution in [3.05, 3.63) is 82.6 Å². The summed E-state index contributed by atoms with van der Waals surface area (Å²) in [5.41, 5.74) is 4.04. The van der Waals surface area contributed by atoms with Crippen LogP contribution in [0.5, 0.6) is 17.2 Å². The molecule has 4 aromatic rings. The zero-order valence-electron chi connectivity index (χ0n) is 19.7. The number of aromatic hydroxyl groups is 1. The normalized spacial score (nSPS) is 11.1. The monoisotopic (exact) mass is 504 g/mol. The van der Waals surface area contributed by atoms with E-state index in [2.05, 4.69) is 15.5 Å². The Bertz CT molecular complexity index is 1470. The molecule has 0 atom stereocenters. The maximum absolute atomic E-state index is 13.3. The third-order valence-electron chi connectivity index (χ3n) is 5.09. The number of hydrazone groups is 1. The lowest BCUT2D eigenvalue weighted by molar-refractivity contribution is -0.118. The van der Waals surface area contributed by atoms with Gasteiger partial charge in [-0.25, -0.2) is 10.4 Å². The van der Waals surface area contributed by atoms with Crippen molar-refractivity contribution in [2.24, 2.45) is 5.10 Å². The summed E-state index contributed by atoms with van der Waals surface area (Å²) in [7, 11) is 1.57. The number of phenolic OH excluding ortho intramolecular Hbond substituents is 1. The molecule has 0 saturated heterocycles. The number of nitrogens with one attached hydrogen (secondary N) is 1. The number of thioether (sulfide) groups is 1. The Balaban J connectivity index is 1.52. The molecule has 0 spiro atoms. The van der Waals surface area contributed by atoms with Crippen LogP contribution in [0.15, 0.2) is 81.8 Å². The van der Waals surface area contributed by atoms with Gasteiger partial charge in [0.15, 0.2) is 16.7 Å². The van der Waals surface area contributed by atoms with E-state index in [0.717, 1.165) is 11.8 Å².